The fraction of sp³-hybridized carbons (Fsp3) is 0.263. The third-order valence-corrected chi connectivity index (χ3v) is 4.24. The van der Waals surface area contributed by atoms with Crippen molar-refractivity contribution < 1.29 is 9.18 Å². The monoisotopic (exact) mass is 325 g/mol. The number of para-hydroxylation sites is 1. The van der Waals surface area contributed by atoms with Gasteiger partial charge in [-0.2, -0.15) is 0 Å². The van der Waals surface area contributed by atoms with Crippen LogP contribution in [0.2, 0.25) is 0 Å². The molecule has 0 radical (unpaired) electrons. The third-order valence-electron chi connectivity index (χ3n) is 4.24. The van der Waals surface area contributed by atoms with E-state index in [0.29, 0.717) is 11.4 Å². The van der Waals surface area contributed by atoms with E-state index in [1.165, 1.54) is 6.07 Å². The highest BCUT2D eigenvalue weighted by Gasteiger charge is 2.28. The van der Waals surface area contributed by atoms with E-state index in [4.69, 9.17) is 0 Å². The number of aliphatic imine (C=N–C) groups is 1. The summed E-state index contributed by atoms with van der Waals surface area (Å²) < 4.78 is 14.3. The number of nitrogens with one attached hydrogen (secondary N) is 1. The molecular formula is C19H20FN3O. The van der Waals surface area contributed by atoms with Crippen molar-refractivity contribution in [1.29, 1.82) is 0 Å². The van der Waals surface area contributed by atoms with Crippen LogP contribution in [0.4, 0.5) is 21.5 Å². The molecule has 1 N–H and O–H groups in total. The molecule has 3 rings (SSSR count). The first-order valence-electron chi connectivity index (χ1n) is 8.12. The summed E-state index contributed by atoms with van der Waals surface area (Å²) in [6.45, 7) is 5.47. The summed E-state index contributed by atoms with van der Waals surface area (Å²) in [5, 5.41) is 2.82. The Kier molecular flexibility index (Phi) is 4.60. The largest absolute Gasteiger partial charge is 0.370 e. The van der Waals surface area contributed by atoms with E-state index in [-0.39, 0.29) is 11.7 Å². The Hall–Kier alpha value is -2.69. The van der Waals surface area contributed by atoms with Crippen LogP contribution in [0.3, 0.4) is 0 Å². The predicted octanol–water partition coefficient (Wildman–Crippen LogP) is 4.11. The smallest absolute Gasteiger partial charge is 0.237 e. The number of anilines is 2. The molecule has 0 fully saturated rings. The Morgan fingerprint density at radius 1 is 1.21 bits per heavy atom. The van der Waals surface area contributed by atoms with Crippen molar-refractivity contribution in [2.75, 3.05) is 23.3 Å². The molecule has 4 nitrogen and oxygen atoms in total. The molecule has 1 heterocycles. The first kappa shape index (κ1) is 16.2. The van der Waals surface area contributed by atoms with E-state index in [0.717, 1.165) is 24.3 Å². The number of amides is 1. The van der Waals surface area contributed by atoms with E-state index >= 15 is 0 Å². The van der Waals surface area contributed by atoms with Crippen LogP contribution in [-0.4, -0.2) is 25.2 Å². The normalized spacial score (nSPS) is 16.3. The first-order chi connectivity index (χ1) is 11.6. The van der Waals surface area contributed by atoms with E-state index in [9.17, 15) is 9.18 Å². The number of hydrogen-bond acceptors (Lipinski definition) is 3. The number of benzene rings is 2. The number of nitrogens with zero attached hydrogens (tertiary/aromatic N) is 2. The standard InChI is InChI=1S/C19H20FN3O/c1-3-23(4-2)18-10-9-13(11-16(18)20)21-12-15-14-7-5-6-8-17(14)22-19(15)24/h5-12,15H,3-4H2,1-2H3,(H,22,24). The second-order valence-electron chi connectivity index (χ2n) is 5.64. The Morgan fingerprint density at radius 2 is 1.96 bits per heavy atom. The molecule has 1 aliphatic rings. The van der Waals surface area contributed by atoms with E-state index in [1.807, 2.05) is 43.0 Å². The maximum absolute atomic E-state index is 14.3. The van der Waals surface area contributed by atoms with Crippen LogP contribution in [0.1, 0.15) is 25.3 Å². The van der Waals surface area contributed by atoms with Crippen LogP contribution in [-0.2, 0) is 4.79 Å². The van der Waals surface area contributed by atoms with Gasteiger partial charge in [0.25, 0.3) is 0 Å². The van der Waals surface area contributed by atoms with Gasteiger partial charge in [0.1, 0.15) is 11.7 Å². The third kappa shape index (κ3) is 3.02. The average Bonchev–Trinajstić information content (AvgIpc) is 2.91. The Bertz CT molecular complexity index is 784. The summed E-state index contributed by atoms with van der Waals surface area (Å²) in [5.74, 6) is -0.850. The van der Waals surface area contributed by atoms with Gasteiger partial charge in [-0.25, -0.2) is 4.39 Å². The molecule has 0 saturated heterocycles. The zero-order chi connectivity index (χ0) is 17.1. The molecule has 0 aromatic heterocycles. The van der Waals surface area contributed by atoms with Crippen LogP contribution >= 0.6 is 0 Å². The summed E-state index contributed by atoms with van der Waals surface area (Å²) in [6, 6.07) is 12.4. The highest BCUT2D eigenvalue weighted by molar-refractivity contribution is 6.12. The summed E-state index contributed by atoms with van der Waals surface area (Å²) in [6.07, 6.45) is 1.58. The highest BCUT2D eigenvalue weighted by Crippen LogP contribution is 2.31. The van der Waals surface area contributed by atoms with Gasteiger partial charge < -0.3 is 10.2 Å². The zero-order valence-electron chi connectivity index (χ0n) is 13.8. The number of rotatable bonds is 5. The Morgan fingerprint density at radius 3 is 2.67 bits per heavy atom. The topological polar surface area (TPSA) is 44.7 Å². The lowest BCUT2D eigenvalue weighted by Gasteiger charge is -2.21. The molecule has 0 saturated carbocycles. The van der Waals surface area contributed by atoms with Crippen molar-refractivity contribution in [2.45, 2.75) is 19.8 Å². The molecule has 1 unspecified atom stereocenters. The summed E-state index contributed by atoms with van der Waals surface area (Å²) >= 11 is 0. The fourth-order valence-corrected chi connectivity index (χ4v) is 2.94. The number of fused-ring (bicyclic) bond motifs is 1. The van der Waals surface area contributed by atoms with Crippen LogP contribution < -0.4 is 10.2 Å². The van der Waals surface area contributed by atoms with Gasteiger partial charge in [-0.1, -0.05) is 18.2 Å². The van der Waals surface area contributed by atoms with Crippen molar-refractivity contribution in [3.63, 3.8) is 0 Å². The lowest BCUT2D eigenvalue weighted by molar-refractivity contribution is -0.115. The number of halogens is 1. The molecule has 2 aromatic carbocycles. The second-order valence-corrected chi connectivity index (χ2v) is 5.64. The van der Waals surface area contributed by atoms with Crippen LogP contribution in [0.25, 0.3) is 0 Å². The first-order valence-corrected chi connectivity index (χ1v) is 8.12. The van der Waals surface area contributed by atoms with Gasteiger partial charge in [-0.3, -0.25) is 9.79 Å². The van der Waals surface area contributed by atoms with Crippen molar-refractivity contribution in [3.8, 4) is 0 Å². The van der Waals surface area contributed by atoms with Gasteiger partial charge in [0, 0.05) is 31.1 Å². The molecule has 2 aromatic rings. The number of carbonyl (C=O) groups is 1. The highest BCUT2D eigenvalue weighted by atomic mass is 19.1. The van der Waals surface area contributed by atoms with Gasteiger partial charge in [0.15, 0.2) is 0 Å². The van der Waals surface area contributed by atoms with E-state index < -0.39 is 5.92 Å². The minimum Gasteiger partial charge on any atom is -0.370 e. The van der Waals surface area contributed by atoms with Gasteiger partial charge >= 0.3 is 0 Å². The van der Waals surface area contributed by atoms with E-state index in [2.05, 4.69) is 10.3 Å². The van der Waals surface area contributed by atoms with Crippen LogP contribution in [0.5, 0.6) is 0 Å². The average molecular weight is 325 g/mol. The Balaban J connectivity index is 1.83. The second kappa shape index (κ2) is 6.83. The quantitative estimate of drug-likeness (QED) is 0.841. The van der Waals surface area contributed by atoms with Gasteiger partial charge in [-0.15, -0.1) is 0 Å². The number of hydrogen-bond donors (Lipinski definition) is 1. The summed E-state index contributed by atoms with van der Waals surface area (Å²) in [4.78, 5) is 18.3. The molecule has 5 heteroatoms. The van der Waals surface area contributed by atoms with Crippen molar-refractivity contribution in [1.82, 2.24) is 0 Å². The maximum atomic E-state index is 14.3. The SMILES string of the molecule is CCN(CC)c1ccc(N=CC2C(=O)Nc3ccccc32)cc1F. The molecular weight excluding hydrogens is 305 g/mol. The van der Waals surface area contributed by atoms with E-state index in [1.54, 1.807) is 18.3 Å². The van der Waals surface area contributed by atoms with Crippen molar-refractivity contribution >= 4 is 29.2 Å². The molecule has 1 aliphatic heterocycles. The Labute approximate surface area is 141 Å². The molecule has 1 atom stereocenters. The lowest BCUT2D eigenvalue weighted by Crippen LogP contribution is -2.22. The van der Waals surface area contributed by atoms with Crippen molar-refractivity contribution in [2.24, 2.45) is 4.99 Å². The maximum Gasteiger partial charge on any atom is 0.237 e. The fourth-order valence-electron chi connectivity index (χ4n) is 2.94. The predicted molar refractivity (Wildman–Crippen MR) is 95.9 cm³/mol. The molecule has 1 amide bonds. The van der Waals surface area contributed by atoms with Crippen molar-refractivity contribution in [3.05, 3.63) is 53.8 Å². The molecule has 0 bridgehead atoms. The van der Waals surface area contributed by atoms with Gasteiger partial charge in [0.2, 0.25) is 5.91 Å². The van der Waals surface area contributed by atoms with Gasteiger partial charge in [0.05, 0.1) is 11.4 Å². The lowest BCUT2D eigenvalue weighted by atomic mass is 10.0. The molecule has 124 valence electrons. The molecule has 0 aliphatic carbocycles. The minimum absolute atomic E-state index is 0.111. The summed E-state index contributed by atoms with van der Waals surface area (Å²) in [5.41, 5.74) is 2.77. The molecule has 0 spiro atoms. The number of carbonyl (C=O) groups excluding carboxylic acids is 1. The van der Waals surface area contributed by atoms with Crippen LogP contribution in [0, 0.1) is 5.82 Å². The van der Waals surface area contributed by atoms with Crippen LogP contribution in [0.15, 0.2) is 47.5 Å². The molecule has 24 heavy (non-hydrogen) atoms. The van der Waals surface area contributed by atoms with Gasteiger partial charge in [-0.05, 0) is 37.6 Å². The summed E-state index contributed by atoms with van der Waals surface area (Å²) in [7, 11) is 0. The zero-order valence-corrected chi connectivity index (χ0v) is 13.8. The minimum atomic E-state index is -0.438.